The van der Waals surface area contributed by atoms with Gasteiger partial charge in [-0.1, -0.05) is 0 Å². The first-order chi connectivity index (χ1) is 11.3. The summed E-state index contributed by atoms with van der Waals surface area (Å²) in [5.41, 5.74) is -0.782. The lowest BCUT2D eigenvalue weighted by Gasteiger charge is -2.35. The number of hydrogen-bond acceptors (Lipinski definition) is 5. The van der Waals surface area contributed by atoms with E-state index in [1.54, 1.807) is 0 Å². The van der Waals surface area contributed by atoms with Gasteiger partial charge in [0.1, 0.15) is 5.82 Å². The van der Waals surface area contributed by atoms with Crippen LogP contribution in [0, 0.1) is 0 Å². The Morgan fingerprint density at radius 1 is 1.21 bits per heavy atom. The zero-order valence-electron chi connectivity index (χ0n) is 13.1. The monoisotopic (exact) mass is 345 g/mol. The van der Waals surface area contributed by atoms with E-state index in [9.17, 15) is 22.8 Å². The second-order valence-electron chi connectivity index (χ2n) is 5.29. The molecule has 1 aliphatic rings. The molecule has 2 N–H and O–H groups in total. The van der Waals surface area contributed by atoms with Crippen molar-refractivity contribution in [3.8, 4) is 0 Å². The number of amides is 3. The van der Waals surface area contributed by atoms with Crippen molar-refractivity contribution in [3.05, 3.63) is 23.9 Å². The fourth-order valence-corrected chi connectivity index (χ4v) is 2.31. The van der Waals surface area contributed by atoms with Gasteiger partial charge in [0.05, 0.1) is 12.1 Å². The van der Waals surface area contributed by atoms with Crippen LogP contribution in [0.5, 0.6) is 0 Å². The third-order valence-electron chi connectivity index (χ3n) is 3.62. The normalized spacial score (nSPS) is 15.9. The van der Waals surface area contributed by atoms with Gasteiger partial charge in [0.25, 0.3) is 0 Å². The van der Waals surface area contributed by atoms with Crippen LogP contribution < -0.4 is 15.5 Å². The third kappa shape index (κ3) is 4.82. The molecule has 3 amide bonds. The minimum atomic E-state index is -4.40. The highest BCUT2D eigenvalue weighted by Crippen LogP contribution is 2.29. The standard InChI is InChI=1S/C14H18F3N5O2/c1-18-13(24)20-12(23)9-21-4-6-22(7-5-21)11-3-2-10(8-19-11)14(15,16)17/h2-3,8H,4-7,9H2,1H3,(H2,18,20,23,24). The smallest absolute Gasteiger partial charge is 0.354 e. The summed E-state index contributed by atoms with van der Waals surface area (Å²) in [4.78, 5) is 30.2. The summed E-state index contributed by atoms with van der Waals surface area (Å²) in [6, 6.07) is 1.79. The molecule has 1 aromatic heterocycles. The fraction of sp³-hybridized carbons (Fsp3) is 0.500. The topological polar surface area (TPSA) is 77.6 Å². The molecule has 24 heavy (non-hydrogen) atoms. The number of hydrogen-bond donors (Lipinski definition) is 2. The molecule has 0 atom stereocenters. The predicted octanol–water partition coefficient (Wildman–Crippen LogP) is 0.678. The molecule has 0 unspecified atom stereocenters. The molecule has 10 heteroatoms. The van der Waals surface area contributed by atoms with Crippen molar-refractivity contribution < 1.29 is 22.8 Å². The van der Waals surface area contributed by atoms with Crippen LogP contribution in [0.15, 0.2) is 18.3 Å². The Hall–Kier alpha value is -2.36. The van der Waals surface area contributed by atoms with Crippen molar-refractivity contribution in [3.63, 3.8) is 0 Å². The van der Waals surface area contributed by atoms with E-state index in [2.05, 4.69) is 15.6 Å². The van der Waals surface area contributed by atoms with Crippen LogP contribution in [0.4, 0.5) is 23.8 Å². The van der Waals surface area contributed by atoms with Gasteiger partial charge < -0.3 is 10.2 Å². The summed E-state index contributed by atoms with van der Waals surface area (Å²) in [7, 11) is 1.42. The van der Waals surface area contributed by atoms with E-state index < -0.39 is 23.7 Å². The molecule has 0 saturated carbocycles. The molecule has 1 saturated heterocycles. The van der Waals surface area contributed by atoms with Gasteiger partial charge in [0.2, 0.25) is 5.91 Å². The molecular weight excluding hydrogens is 327 g/mol. The van der Waals surface area contributed by atoms with Crippen LogP contribution in [-0.2, 0) is 11.0 Å². The fourth-order valence-electron chi connectivity index (χ4n) is 2.31. The molecule has 0 aromatic carbocycles. The lowest BCUT2D eigenvalue weighted by atomic mass is 10.2. The summed E-state index contributed by atoms with van der Waals surface area (Å²) >= 11 is 0. The number of carbonyl (C=O) groups excluding carboxylic acids is 2. The van der Waals surface area contributed by atoms with Crippen LogP contribution in [0.25, 0.3) is 0 Å². The number of aromatic nitrogens is 1. The maximum atomic E-state index is 12.5. The average Bonchev–Trinajstić information content (AvgIpc) is 2.54. The molecule has 0 aliphatic carbocycles. The second kappa shape index (κ2) is 7.47. The minimum Gasteiger partial charge on any atom is -0.354 e. The number of alkyl halides is 3. The molecule has 132 valence electrons. The summed E-state index contributed by atoms with van der Waals surface area (Å²) in [5.74, 6) is 0.0629. The quantitative estimate of drug-likeness (QED) is 0.842. The Morgan fingerprint density at radius 3 is 2.38 bits per heavy atom. The first-order valence-corrected chi connectivity index (χ1v) is 7.31. The maximum absolute atomic E-state index is 12.5. The van der Waals surface area contributed by atoms with E-state index in [0.717, 1.165) is 12.3 Å². The van der Waals surface area contributed by atoms with Crippen molar-refractivity contribution in [2.45, 2.75) is 6.18 Å². The number of nitrogens with zero attached hydrogens (tertiary/aromatic N) is 3. The zero-order valence-corrected chi connectivity index (χ0v) is 13.1. The van der Waals surface area contributed by atoms with E-state index in [1.807, 2.05) is 9.80 Å². The maximum Gasteiger partial charge on any atom is 0.417 e. The number of piperazine rings is 1. The third-order valence-corrected chi connectivity index (χ3v) is 3.62. The Bertz CT molecular complexity index is 583. The van der Waals surface area contributed by atoms with Gasteiger partial charge in [-0.25, -0.2) is 9.78 Å². The second-order valence-corrected chi connectivity index (χ2v) is 5.29. The number of halogens is 3. The largest absolute Gasteiger partial charge is 0.417 e. The van der Waals surface area contributed by atoms with Crippen LogP contribution in [-0.4, -0.2) is 61.6 Å². The number of imide groups is 1. The summed E-state index contributed by atoms with van der Waals surface area (Å²) < 4.78 is 37.6. The van der Waals surface area contributed by atoms with Crippen LogP contribution in [0.1, 0.15) is 5.56 Å². The molecule has 2 heterocycles. The van der Waals surface area contributed by atoms with E-state index in [0.29, 0.717) is 32.0 Å². The van der Waals surface area contributed by atoms with Crippen molar-refractivity contribution in [2.24, 2.45) is 0 Å². The summed E-state index contributed by atoms with van der Waals surface area (Å²) in [5, 5.41) is 4.47. The van der Waals surface area contributed by atoms with E-state index in [4.69, 9.17) is 0 Å². The molecule has 7 nitrogen and oxygen atoms in total. The Kier molecular flexibility index (Phi) is 5.60. The molecular formula is C14H18F3N5O2. The van der Waals surface area contributed by atoms with Gasteiger partial charge in [-0.2, -0.15) is 13.2 Å². The van der Waals surface area contributed by atoms with Crippen molar-refractivity contribution in [1.29, 1.82) is 0 Å². The lowest BCUT2D eigenvalue weighted by molar-refractivity contribution is -0.137. The molecule has 1 aliphatic heterocycles. The number of pyridine rings is 1. The molecule has 0 spiro atoms. The molecule has 1 fully saturated rings. The van der Waals surface area contributed by atoms with Crippen molar-refractivity contribution in [2.75, 3.05) is 44.7 Å². The summed E-state index contributed by atoms with van der Waals surface area (Å²) in [6.45, 7) is 2.24. The predicted molar refractivity (Wildman–Crippen MR) is 80.5 cm³/mol. The van der Waals surface area contributed by atoms with Crippen molar-refractivity contribution >= 4 is 17.8 Å². The average molecular weight is 345 g/mol. The number of anilines is 1. The van der Waals surface area contributed by atoms with Crippen LogP contribution >= 0.6 is 0 Å². The molecule has 2 rings (SSSR count). The highest BCUT2D eigenvalue weighted by atomic mass is 19.4. The number of nitrogens with one attached hydrogen (secondary N) is 2. The Balaban J connectivity index is 1.84. The SMILES string of the molecule is CNC(=O)NC(=O)CN1CCN(c2ccc(C(F)(F)F)cn2)CC1. The highest BCUT2D eigenvalue weighted by Gasteiger charge is 2.31. The Labute approximate surface area is 136 Å². The molecule has 0 bridgehead atoms. The van der Waals surface area contributed by atoms with E-state index >= 15 is 0 Å². The van der Waals surface area contributed by atoms with Crippen LogP contribution in [0.3, 0.4) is 0 Å². The van der Waals surface area contributed by atoms with Gasteiger partial charge >= 0.3 is 12.2 Å². The molecule has 0 radical (unpaired) electrons. The lowest BCUT2D eigenvalue weighted by Crippen LogP contribution is -2.51. The van der Waals surface area contributed by atoms with Gasteiger partial charge in [-0.15, -0.1) is 0 Å². The first-order valence-electron chi connectivity index (χ1n) is 7.31. The molecule has 1 aromatic rings. The van der Waals surface area contributed by atoms with Crippen LogP contribution in [0.2, 0.25) is 0 Å². The Morgan fingerprint density at radius 2 is 1.88 bits per heavy atom. The number of carbonyl (C=O) groups is 2. The zero-order chi connectivity index (χ0) is 17.7. The van der Waals surface area contributed by atoms with Gasteiger partial charge in [0.15, 0.2) is 0 Å². The van der Waals surface area contributed by atoms with E-state index in [-0.39, 0.29) is 6.54 Å². The minimum absolute atomic E-state index is 0.0850. The number of urea groups is 1. The van der Waals surface area contributed by atoms with Crippen molar-refractivity contribution in [1.82, 2.24) is 20.5 Å². The highest BCUT2D eigenvalue weighted by molar-refractivity contribution is 5.95. The van der Waals surface area contributed by atoms with Gasteiger partial charge in [-0.05, 0) is 12.1 Å². The van der Waals surface area contributed by atoms with Gasteiger partial charge in [-0.3, -0.25) is 15.0 Å². The summed E-state index contributed by atoms with van der Waals surface area (Å²) in [6.07, 6.45) is -3.58. The first kappa shape index (κ1) is 18.0. The number of rotatable bonds is 3. The van der Waals surface area contributed by atoms with Gasteiger partial charge in [0, 0.05) is 39.4 Å². The van der Waals surface area contributed by atoms with E-state index in [1.165, 1.54) is 13.1 Å².